The number of nitrogens with two attached hydrogens (primary N) is 1. The predicted octanol–water partition coefficient (Wildman–Crippen LogP) is 4.13. The van der Waals surface area contributed by atoms with Crippen LogP contribution in [0.4, 0.5) is 0 Å². The lowest BCUT2D eigenvalue weighted by Crippen LogP contribution is -2.41. The number of aryl methyl sites for hydroxylation is 1. The molecule has 0 radical (unpaired) electrons. The average molecular weight is 422 g/mol. The molecule has 0 aliphatic heterocycles. The van der Waals surface area contributed by atoms with E-state index in [1.165, 1.54) is 37.7 Å². The number of nitrogens with zero attached hydrogens (tertiary/aromatic N) is 1. The van der Waals surface area contributed by atoms with Crippen LogP contribution in [0.5, 0.6) is 0 Å². The van der Waals surface area contributed by atoms with Crippen LogP contribution in [-0.4, -0.2) is 18.5 Å². The fourth-order valence-electron chi connectivity index (χ4n) is 2.67. The Morgan fingerprint density at radius 2 is 1.95 bits per heavy atom. The number of hydrogen-bond donors (Lipinski definition) is 2. The molecule has 0 spiro atoms. The van der Waals surface area contributed by atoms with Crippen molar-refractivity contribution in [2.45, 2.75) is 51.0 Å². The summed E-state index contributed by atoms with van der Waals surface area (Å²) in [6.07, 6.45) is 8.31. The van der Waals surface area contributed by atoms with E-state index in [-0.39, 0.29) is 24.0 Å². The fraction of sp³-hybridized carbons (Fsp3) is 0.562. The first-order chi connectivity index (χ1) is 9.75. The van der Waals surface area contributed by atoms with Crippen molar-refractivity contribution in [3.05, 3.63) is 34.9 Å². The van der Waals surface area contributed by atoms with Gasteiger partial charge in [0.15, 0.2) is 5.96 Å². The summed E-state index contributed by atoms with van der Waals surface area (Å²) < 4.78 is 0. The second kappa shape index (κ2) is 10.3. The molecule has 0 heterocycles. The molecular weight excluding hydrogens is 397 g/mol. The highest BCUT2D eigenvalue weighted by Gasteiger charge is 2.13. The number of rotatable bonds is 5. The first-order valence-corrected chi connectivity index (χ1v) is 7.93. The quantitative estimate of drug-likeness (QED) is 0.325. The van der Waals surface area contributed by atoms with Crippen molar-refractivity contribution in [2.75, 3.05) is 6.54 Å². The minimum Gasteiger partial charge on any atom is -0.370 e. The summed E-state index contributed by atoms with van der Waals surface area (Å²) in [6, 6.07) is 8.49. The van der Waals surface area contributed by atoms with Gasteiger partial charge in [0.05, 0.1) is 0 Å². The van der Waals surface area contributed by atoms with Crippen LogP contribution in [0.15, 0.2) is 29.3 Å². The smallest absolute Gasteiger partial charge is 0.188 e. The monoisotopic (exact) mass is 421 g/mol. The molecule has 0 atom stereocenters. The number of aliphatic imine (C=N–C) groups is 1. The molecule has 118 valence electrons. The zero-order chi connectivity index (χ0) is 14.2. The molecule has 21 heavy (non-hydrogen) atoms. The molecule has 0 bridgehead atoms. The summed E-state index contributed by atoms with van der Waals surface area (Å²) >= 11 is 6.12. The van der Waals surface area contributed by atoms with Gasteiger partial charge in [0, 0.05) is 17.6 Å². The molecule has 1 saturated carbocycles. The third-order valence-corrected chi connectivity index (χ3v) is 4.17. The van der Waals surface area contributed by atoms with Crippen LogP contribution in [0.3, 0.4) is 0 Å². The number of nitrogens with one attached hydrogen (secondary N) is 1. The molecule has 5 heteroatoms. The van der Waals surface area contributed by atoms with E-state index in [4.69, 9.17) is 17.3 Å². The van der Waals surface area contributed by atoms with Gasteiger partial charge in [-0.05, 0) is 37.3 Å². The molecule has 0 aromatic heterocycles. The van der Waals surface area contributed by atoms with E-state index < -0.39 is 0 Å². The van der Waals surface area contributed by atoms with Crippen molar-refractivity contribution in [2.24, 2.45) is 10.7 Å². The van der Waals surface area contributed by atoms with Gasteiger partial charge in [0.1, 0.15) is 0 Å². The lowest BCUT2D eigenvalue weighted by atomic mass is 9.96. The van der Waals surface area contributed by atoms with Crippen molar-refractivity contribution in [1.29, 1.82) is 0 Å². The number of benzene rings is 1. The standard InChI is InChI=1S/C16H24ClN3.HI/c17-15-11-5-4-7-13(15)8-6-12-19-16(18)20-14-9-2-1-3-10-14;/h4-5,7,11,14H,1-3,6,8-10,12H2,(H3,18,19,20);1H. The maximum Gasteiger partial charge on any atom is 0.188 e. The number of guanidine groups is 1. The summed E-state index contributed by atoms with van der Waals surface area (Å²) in [6.45, 7) is 0.747. The van der Waals surface area contributed by atoms with Gasteiger partial charge in [0.25, 0.3) is 0 Å². The second-order valence-electron chi connectivity index (χ2n) is 5.44. The minimum absolute atomic E-state index is 0. The highest BCUT2D eigenvalue weighted by Crippen LogP contribution is 2.17. The Morgan fingerprint density at radius 1 is 1.24 bits per heavy atom. The Morgan fingerprint density at radius 3 is 2.67 bits per heavy atom. The summed E-state index contributed by atoms with van der Waals surface area (Å²) in [7, 11) is 0. The molecule has 1 aliphatic rings. The predicted molar refractivity (Wildman–Crippen MR) is 102 cm³/mol. The van der Waals surface area contributed by atoms with Crippen LogP contribution in [0.1, 0.15) is 44.1 Å². The Hall–Kier alpha value is -0.490. The molecule has 3 N–H and O–H groups in total. The summed E-state index contributed by atoms with van der Waals surface area (Å²) in [5.41, 5.74) is 7.11. The lowest BCUT2D eigenvalue weighted by Gasteiger charge is -2.23. The Balaban J connectivity index is 0.00000220. The van der Waals surface area contributed by atoms with Crippen LogP contribution in [0.25, 0.3) is 0 Å². The van der Waals surface area contributed by atoms with E-state index in [0.717, 1.165) is 24.4 Å². The largest absolute Gasteiger partial charge is 0.370 e. The number of halogens is 2. The van der Waals surface area contributed by atoms with Crippen molar-refractivity contribution in [1.82, 2.24) is 5.32 Å². The van der Waals surface area contributed by atoms with E-state index in [2.05, 4.69) is 16.4 Å². The van der Waals surface area contributed by atoms with Gasteiger partial charge in [-0.3, -0.25) is 4.99 Å². The topological polar surface area (TPSA) is 50.4 Å². The summed E-state index contributed by atoms with van der Waals surface area (Å²) in [5.74, 6) is 0.594. The van der Waals surface area contributed by atoms with Gasteiger partial charge in [0.2, 0.25) is 0 Å². The molecule has 3 nitrogen and oxygen atoms in total. The Bertz CT molecular complexity index is 445. The molecule has 1 aromatic carbocycles. The maximum absolute atomic E-state index is 6.12. The van der Waals surface area contributed by atoms with Crippen LogP contribution < -0.4 is 11.1 Å². The van der Waals surface area contributed by atoms with E-state index in [9.17, 15) is 0 Å². The SMILES string of the molecule is I.NC(=NCCCc1ccccc1Cl)NC1CCCCC1. The zero-order valence-corrected chi connectivity index (χ0v) is 15.4. The van der Waals surface area contributed by atoms with Crippen molar-refractivity contribution < 1.29 is 0 Å². The van der Waals surface area contributed by atoms with Gasteiger partial charge in [-0.1, -0.05) is 49.1 Å². The van der Waals surface area contributed by atoms with Gasteiger partial charge in [-0.15, -0.1) is 24.0 Å². The Labute approximate surface area is 149 Å². The third-order valence-electron chi connectivity index (χ3n) is 3.80. The van der Waals surface area contributed by atoms with Crippen LogP contribution >= 0.6 is 35.6 Å². The molecule has 1 aromatic rings. The molecule has 1 fully saturated rings. The molecule has 0 amide bonds. The highest BCUT2D eigenvalue weighted by atomic mass is 127. The molecular formula is C16H25ClIN3. The first kappa shape index (κ1) is 18.6. The first-order valence-electron chi connectivity index (χ1n) is 7.55. The zero-order valence-electron chi connectivity index (χ0n) is 12.4. The normalized spacial score (nSPS) is 16.3. The van der Waals surface area contributed by atoms with Crippen molar-refractivity contribution in [3.63, 3.8) is 0 Å². The van der Waals surface area contributed by atoms with Gasteiger partial charge < -0.3 is 11.1 Å². The van der Waals surface area contributed by atoms with Crippen LogP contribution in [-0.2, 0) is 6.42 Å². The van der Waals surface area contributed by atoms with Crippen molar-refractivity contribution >= 4 is 41.5 Å². The van der Waals surface area contributed by atoms with E-state index in [0.29, 0.717) is 12.0 Å². The van der Waals surface area contributed by atoms with Crippen LogP contribution in [0.2, 0.25) is 5.02 Å². The van der Waals surface area contributed by atoms with E-state index >= 15 is 0 Å². The fourth-order valence-corrected chi connectivity index (χ4v) is 2.90. The lowest BCUT2D eigenvalue weighted by molar-refractivity contribution is 0.412. The van der Waals surface area contributed by atoms with Crippen LogP contribution in [0, 0.1) is 0 Å². The average Bonchev–Trinajstić information content (AvgIpc) is 2.46. The highest BCUT2D eigenvalue weighted by molar-refractivity contribution is 14.0. The van der Waals surface area contributed by atoms with Gasteiger partial charge >= 0.3 is 0 Å². The van der Waals surface area contributed by atoms with Gasteiger partial charge in [-0.2, -0.15) is 0 Å². The molecule has 1 aliphatic carbocycles. The van der Waals surface area contributed by atoms with E-state index in [1.54, 1.807) is 0 Å². The second-order valence-corrected chi connectivity index (χ2v) is 5.85. The molecule has 0 unspecified atom stereocenters. The summed E-state index contributed by atoms with van der Waals surface area (Å²) in [4.78, 5) is 4.40. The number of hydrogen-bond acceptors (Lipinski definition) is 1. The van der Waals surface area contributed by atoms with Crippen molar-refractivity contribution in [3.8, 4) is 0 Å². The Kier molecular flexibility index (Phi) is 9.08. The molecule has 2 rings (SSSR count). The molecule has 0 saturated heterocycles. The minimum atomic E-state index is 0. The van der Waals surface area contributed by atoms with Gasteiger partial charge in [-0.25, -0.2) is 0 Å². The third kappa shape index (κ3) is 6.87. The van der Waals surface area contributed by atoms with E-state index in [1.807, 2.05) is 18.2 Å². The maximum atomic E-state index is 6.12. The summed E-state index contributed by atoms with van der Waals surface area (Å²) in [5, 5.41) is 4.17.